The normalized spacial score (nSPS) is 18.2. The lowest BCUT2D eigenvalue weighted by Crippen LogP contribution is -2.39. The van der Waals surface area contributed by atoms with Gasteiger partial charge in [0.25, 0.3) is 5.91 Å². The second kappa shape index (κ2) is 6.66. The van der Waals surface area contributed by atoms with Gasteiger partial charge in [0.2, 0.25) is 0 Å². The van der Waals surface area contributed by atoms with Gasteiger partial charge in [0.05, 0.1) is 12.4 Å². The van der Waals surface area contributed by atoms with Crippen LogP contribution in [0.3, 0.4) is 0 Å². The van der Waals surface area contributed by atoms with Crippen LogP contribution in [-0.4, -0.2) is 32.2 Å². The van der Waals surface area contributed by atoms with Gasteiger partial charge >= 0.3 is 0 Å². The van der Waals surface area contributed by atoms with Gasteiger partial charge in [-0.05, 0) is 49.2 Å². The van der Waals surface area contributed by atoms with Crippen LogP contribution in [0.1, 0.15) is 23.4 Å². The van der Waals surface area contributed by atoms with Crippen LogP contribution in [0.2, 0.25) is 0 Å². The standard InChI is InChI=1S/C17H20N2O3/c1-21-15-4-2-10-19(12-15)14-8-6-13(7-9-14)18-17(20)16-5-3-11-22-16/h3,5-9,11,15H,2,4,10,12H2,1H3,(H,18,20)/t15-/m0/s1. The van der Waals surface area contributed by atoms with Crippen LogP contribution < -0.4 is 10.2 Å². The second-order valence-electron chi connectivity index (χ2n) is 5.42. The Morgan fingerprint density at radius 1 is 1.32 bits per heavy atom. The summed E-state index contributed by atoms with van der Waals surface area (Å²) in [6.45, 7) is 1.95. The number of furan rings is 1. The quantitative estimate of drug-likeness (QED) is 0.942. The number of piperidine rings is 1. The number of nitrogens with one attached hydrogen (secondary N) is 1. The minimum atomic E-state index is -0.241. The van der Waals surface area contributed by atoms with Crippen molar-refractivity contribution in [2.45, 2.75) is 18.9 Å². The fraction of sp³-hybridized carbons (Fsp3) is 0.353. The molecule has 0 bridgehead atoms. The molecule has 1 N–H and O–H groups in total. The largest absolute Gasteiger partial charge is 0.459 e. The van der Waals surface area contributed by atoms with Crippen molar-refractivity contribution in [2.24, 2.45) is 0 Å². The fourth-order valence-corrected chi connectivity index (χ4v) is 2.72. The van der Waals surface area contributed by atoms with E-state index in [0.717, 1.165) is 37.3 Å². The van der Waals surface area contributed by atoms with Gasteiger partial charge in [0, 0.05) is 31.6 Å². The van der Waals surface area contributed by atoms with Crippen molar-refractivity contribution in [1.29, 1.82) is 0 Å². The van der Waals surface area contributed by atoms with Crippen molar-refractivity contribution in [3.63, 3.8) is 0 Å². The zero-order valence-electron chi connectivity index (χ0n) is 12.6. The van der Waals surface area contributed by atoms with Gasteiger partial charge in [-0.25, -0.2) is 0 Å². The first kappa shape index (κ1) is 14.7. The molecule has 5 heteroatoms. The monoisotopic (exact) mass is 300 g/mol. The van der Waals surface area contributed by atoms with Gasteiger partial charge < -0.3 is 19.4 Å². The van der Waals surface area contributed by atoms with Gasteiger partial charge in [0.1, 0.15) is 0 Å². The summed E-state index contributed by atoms with van der Waals surface area (Å²) < 4.78 is 10.5. The summed E-state index contributed by atoms with van der Waals surface area (Å²) in [5, 5.41) is 2.82. The Hall–Kier alpha value is -2.27. The number of carbonyl (C=O) groups is 1. The molecule has 3 rings (SSSR count). The van der Waals surface area contributed by atoms with Gasteiger partial charge in [0.15, 0.2) is 5.76 Å². The number of nitrogens with zero attached hydrogens (tertiary/aromatic N) is 1. The maximum absolute atomic E-state index is 11.9. The first-order valence-corrected chi connectivity index (χ1v) is 7.49. The Kier molecular flexibility index (Phi) is 4.44. The van der Waals surface area contributed by atoms with E-state index in [2.05, 4.69) is 10.2 Å². The summed E-state index contributed by atoms with van der Waals surface area (Å²) in [5.41, 5.74) is 1.91. The molecule has 0 aliphatic carbocycles. The van der Waals surface area contributed by atoms with Crippen LogP contribution in [0.4, 0.5) is 11.4 Å². The van der Waals surface area contributed by atoms with Crippen molar-refractivity contribution >= 4 is 17.3 Å². The molecule has 1 aromatic carbocycles. The van der Waals surface area contributed by atoms with Crippen LogP contribution in [0, 0.1) is 0 Å². The SMILES string of the molecule is CO[C@H]1CCCN(c2ccc(NC(=O)c3ccco3)cc2)C1. The molecular formula is C17H20N2O3. The third-order valence-corrected chi connectivity index (χ3v) is 3.95. The van der Waals surface area contributed by atoms with Crippen molar-refractivity contribution in [1.82, 2.24) is 0 Å². The number of amides is 1. The number of hydrogen-bond donors (Lipinski definition) is 1. The van der Waals surface area contributed by atoms with Crippen LogP contribution in [0.25, 0.3) is 0 Å². The van der Waals surface area contributed by atoms with E-state index in [0.29, 0.717) is 11.9 Å². The van der Waals surface area contributed by atoms with E-state index in [4.69, 9.17) is 9.15 Å². The highest BCUT2D eigenvalue weighted by atomic mass is 16.5. The molecule has 1 aliphatic heterocycles. The van der Waals surface area contributed by atoms with Crippen LogP contribution >= 0.6 is 0 Å². The van der Waals surface area contributed by atoms with E-state index in [-0.39, 0.29) is 5.91 Å². The molecule has 1 atom stereocenters. The molecular weight excluding hydrogens is 280 g/mol. The maximum atomic E-state index is 11.9. The number of rotatable bonds is 4. The molecule has 2 heterocycles. The van der Waals surface area contributed by atoms with Crippen molar-refractivity contribution in [2.75, 3.05) is 30.4 Å². The van der Waals surface area contributed by atoms with Gasteiger partial charge in [-0.1, -0.05) is 0 Å². The zero-order chi connectivity index (χ0) is 15.4. The number of hydrogen-bond acceptors (Lipinski definition) is 4. The van der Waals surface area contributed by atoms with Crippen molar-refractivity contribution in [3.8, 4) is 0 Å². The molecule has 1 fully saturated rings. The minimum absolute atomic E-state index is 0.241. The first-order valence-electron chi connectivity index (χ1n) is 7.49. The van der Waals surface area contributed by atoms with Crippen molar-refractivity contribution < 1.29 is 13.9 Å². The average Bonchev–Trinajstić information content (AvgIpc) is 3.10. The Labute approximate surface area is 129 Å². The number of carbonyl (C=O) groups excluding carboxylic acids is 1. The van der Waals surface area contributed by atoms with E-state index in [1.165, 1.54) is 6.26 Å². The molecule has 116 valence electrons. The van der Waals surface area contributed by atoms with Crippen LogP contribution in [-0.2, 0) is 4.74 Å². The molecule has 0 unspecified atom stereocenters. The highest BCUT2D eigenvalue weighted by molar-refractivity contribution is 6.02. The molecule has 2 aromatic rings. The van der Waals surface area contributed by atoms with Gasteiger partial charge in [-0.2, -0.15) is 0 Å². The van der Waals surface area contributed by atoms with E-state index in [9.17, 15) is 4.79 Å². The first-order chi connectivity index (χ1) is 10.8. The summed E-state index contributed by atoms with van der Waals surface area (Å²) in [5.74, 6) is 0.0678. The minimum Gasteiger partial charge on any atom is -0.459 e. The summed E-state index contributed by atoms with van der Waals surface area (Å²) in [7, 11) is 1.77. The molecule has 0 saturated carbocycles. The summed E-state index contributed by atoms with van der Waals surface area (Å²) in [6, 6.07) is 11.2. The van der Waals surface area contributed by atoms with E-state index in [1.807, 2.05) is 24.3 Å². The number of benzene rings is 1. The number of ether oxygens (including phenoxy) is 1. The molecule has 0 spiro atoms. The Morgan fingerprint density at radius 3 is 2.82 bits per heavy atom. The smallest absolute Gasteiger partial charge is 0.291 e. The summed E-state index contributed by atoms with van der Waals surface area (Å²) in [6.07, 6.45) is 4.03. The fourth-order valence-electron chi connectivity index (χ4n) is 2.72. The lowest BCUT2D eigenvalue weighted by molar-refractivity contribution is 0.0893. The molecule has 22 heavy (non-hydrogen) atoms. The van der Waals surface area contributed by atoms with Crippen molar-refractivity contribution in [3.05, 3.63) is 48.4 Å². The molecule has 5 nitrogen and oxygen atoms in total. The Balaban J connectivity index is 1.64. The number of anilines is 2. The predicted molar refractivity (Wildman–Crippen MR) is 85.3 cm³/mol. The highest BCUT2D eigenvalue weighted by Crippen LogP contribution is 2.23. The molecule has 1 amide bonds. The lowest BCUT2D eigenvalue weighted by atomic mass is 10.1. The zero-order valence-corrected chi connectivity index (χ0v) is 12.6. The Bertz CT molecular complexity index is 607. The maximum Gasteiger partial charge on any atom is 0.291 e. The second-order valence-corrected chi connectivity index (χ2v) is 5.42. The molecule has 1 aromatic heterocycles. The lowest BCUT2D eigenvalue weighted by Gasteiger charge is -2.33. The highest BCUT2D eigenvalue weighted by Gasteiger charge is 2.19. The predicted octanol–water partition coefficient (Wildman–Crippen LogP) is 3.15. The third kappa shape index (κ3) is 3.31. The van der Waals surface area contributed by atoms with E-state index >= 15 is 0 Å². The van der Waals surface area contributed by atoms with Gasteiger partial charge in [-0.15, -0.1) is 0 Å². The topological polar surface area (TPSA) is 54.7 Å². The summed E-state index contributed by atoms with van der Waals surface area (Å²) >= 11 is 0. The molecule has 0 radical (unpaired) electrons. The average molecular weight is 300 g/mol. The third-order valence-electron chi connectivity index (χ3n) is 3.95. The van der Waals surface area contributed by atoms with Gasteiger partial charge in [-0.3, -0.25) is 4.79 Å². The summed E-state index contributed by atoms with van der Waals surface area (Å²) in [4.78, 5) is 14.2. The number of methoxy groups -OCH3 is 1. The van der Waals surface area contributed by atoms with E-state index < -0.39 is 0 Å². The molecule has 1 aliphatic rings. The van der Waals surface area contributed by atoms with E-state index in [1.54, 1.807) is 19.2 Å². The van der Waals surface area contributed by atoms with Crippen LogP contribution in [0.15, 0.2) is 47.1 Å². The van der Waals surface area contributed by atoms with Crippen LogP contribution in [0.5, 0.6) is 0 Å². The Morgan fingerprint density at radius 2 is 2.14 bits per heavy atom. The molecule has 1 saturated heterocycles.